The molecule has 1 aliphatic heterocycles. The van der Waals surface area contributed by atoms with Gasteiger partial charge in [-0.15, -0.1) is 0 Å². The third-order valence-corrected chi connectivity index (χ3v) is 4.16. The molecule has 126 valence electrons. The van der Waals surface area contributed by atoms with E-state index in [1.165, 1.54) is 0 Å². The second-order valence-electron chi connectivity index (χ2n) is 7.03. The van der Waals surface area contributed by atoms with Crippen LogP contribution in [0.25, 0.3) is 0 Å². The first-order valence-electron chi connectivity index (χ1n) is 8.06. The van der Waals surface area contributed by atoms with Gasteiger partial charge in [-0.25, -0.2) is 0 Å². The minimum absolute atomic E-state index is 0.0110. The molecule has 1 aliphatic rings. The number of benzene rings is 1. The maximum atomic E-state index is 12.8. The van der Waals surface area contributed by atoms with Crippen molar-refractivity contribution in [3.8, 4) is 5.75 Å². The largest absolute Gasteiger partial charge is 0.497 e. The molecule has 2 amide bonds. The van der Waals surface area contributed by atoms with Crippen LogP contribution in [-0.4, -0.2) is 43.0 Å². The van der Waals surface area contributed by atoms with Gasteiger partial charge in [-0.2, -0.15) is 0 Å². The lowest BCUT2D eigenvalue weighted by molar-refractivity contribution is -0.134. The Morgan fingerprint density at radius 1 is 1.13 bits per heavy atom. The highest BCUT2D eigenvalue weighted by atomic mass is 16.5. The predicted octanol–water partition coefficient (Wildman–Crippen LogP) is 2.46. The number of hydrogen-bond donors (Lipinski definition) is 1. The maximum Gasteiger partial charge on any atom is 0.251 e. The Hall–Kier alpha value is -2.04. The molecule has 0 aromatic heterocycles. The molecule has 5 heteroatoms. The summed E-state index contributed by atoms with van der Waals surface area (Å²) < 4.78 is 5.10. The van der Waals surface area contributed by atoms with E-state index in [9.17, 15) is 9.59 Å². The van der Waals surface area contributed by atoms with Gasteiger partial charge in [-0.1, -0.05) is 20.8 Å². The van der Waals surface area contributed by atoms with Gasteiger partial charge in [0.1, 0.15) is 11.8 Å². The van der Waals surface area contributed by atoms with Gasteiger partial charge in [0.15, 0.2) is 0 Å². The standard InChI is InChI=1S/C18H26N2O3/c1-18(2,3)15(17(22)20-11-5-6-12-20)19-16(21)13-7-9-14(23-4)10-8-13/h7-10,15H,5-6,11-12H2,1-4H3,(H,19,21). The minimum atomic E-state index is -0.532. The van der Waals surface area contributed by atoms with Crippen molar-refractivity contribution in [1.82, 2.24) is 10.2 Å². The van der Waals surface area contributed by atoms with Crippen LogP contribution in [0.3, 0.4) is 0 Å². The number of carbonyl (C=O) groups is 2. The number of methoxy groups -OCH3 is 1. The lowest BCUT2D eigenvalue weighted by Gasteiger charge is -2.33. The third kappa shape index (κ3) is 4.24. The molecule has 0 aliphatic carbocycles. The zero-order chi connectivity index (χ0) is 17.0. The number of amides is 2. The minimum Gasteiger partial charge on any atom is -0.497 e. The summed E-state index contributed by atoms with van der Waals surface area (Å²) in [5, 5.41) is 2.92. The van der Waals surface area contributed by atoms with Gasteiger partial charge in [0.25, 0.3) is 5.91 Å². The van der Waals surface area contributed by atoms with E-state index in [-0.39, 0.29) is 17.2 Å². The molecular weight excluding hydrogens is 292 g/mol. The zero-order valence-corrected chi connectivity index (χ0v) is 14.4. The van der Waals surface area contributed by atoms with Crippen molar-refractivity contribution in [2.75, 3.05) is 20.2 Å². The summed E-state index contributed by atoms with van der Waals surface area (Å²) in [7, 11) is 1.58. The van der Waals surface area contributed by atoms with Crippen molar-refractivity contribution in [3.05, 3.63) is 29.8 Å². The molecule has 0 saturated carbocycles. The lowest BCUT2D eigenvalue weighted by atomic mass is 9.85. The fraction of sp³-hybridized carbons (Fsp3) is 0.556. The molecule has 1 aromatic rings. The first-order chi connectivity index (χ1) is 10.8. The van der Waals surface area contributed by atoms with Crippen molar-refractivity contribution in [2.45, 2.75) is 39.7 Å². The van der Waals surface area contributed by atoms with Crippen LogP contribution in [0.4, 0.5) is 0 Å². The smallest absolute Gasteiger partial charge is 0.251 e. The van der Waals surface area contributed by atoms with Crippen molar-refractivity contribution < 1.29 is 14.3 Å². The molecule has 1 N–H and O–H groups in total. The van der Waals surface area contributed by atoms with E-state index >= 15 is 0 Å². The topological polar surface area (TPSA) is 58.6 Å². The number of ether oxygens (including phenoxy) is 1. The van der Waals surface area contributed by atoms with Crippen LogP contribution in [0.15, 0.2) is 24.3 Å². The monoisotopic (exact) mass is 318 g/mol. The second kappa shape index (κ2) is 7.02. The molecular formula is C18H26N2O3. The molecule has 0 spiro atoms. The Bertz CT molecular complexity index is 555. The molecule has 5 nitrogen and oxygen atoms in total. The lowest BCUT2D eigenvalue weighted by Crippen LogP contribution is -2.54. The molecule has 0 bridgehead atoms. The molecule has 1 aromatic carbocycles. The number of rotatable bonds is 4. The molecule has 1 atom stereocenters. The molecule has 1 saturated heterocycles. The molecule has 1 unspecified atom stereocenters. The summed E-state index contributed by atoms with van der Waals surface area (Å²) in [6, 6.07) is 6.35. The predicted molar refractivity (Wildman–Crippen MR) is 89.5 cm³/mol. The van der Waals surface area contributed by atoms with Gasteiger partial charge < -0.3 is 15.0 Å². The summed E-state index contributed by atoms with van der Waals surface area (Å²) in [5.41, 5.74) is 0.177. The van der Waals surface area contributed by atoms with Crippen LogP contribution in [0.1, 0.15) is 44.0 Å². The van der Waals surface area contributed by atoms with E-state index < -0.39 is 6.04 Å². The number of carbonyl (C=O) groups excluding carboxylic acids is 2. The second-order valence-corrected chi connectivity index (χ2v) is 7.03. The van der Waals surface area contributed by atoms with Crippen LogP contribution in [0.5, 0.6) is 5.75 Å². The van der Waals surface area contributed by atoms with Crippen LogP contribution in [-0.2, 0) is 4.79 Å². The Morgan fingerprint density at radius 2 is 1.70 bits per heavy atom. The van der Waals surface area contributed by atoms with Gasteiger partial charge in [0.05, 0.1) is 7.11 Å². The zero-order valence-electron chi connectivity index (χ0n) is 14.4. The normalized spacial score (nSPS) is 16.1. The highest BCUT2D eigenvalue weighted by molar-refractivity contribution is 5.97. The first-order valence-corrected chi connectivity index (χ1v) is 8.06. The number of nitrogens with one attached hydrogen (secondary N) is 1. The molecule has 1 fully saturated rings. The van der Waals surface area contributed by atoms with Gasteiger partial charge in [0.2, 0.25) is 5.91 Å². The maximum absolute atomic E-state index is 12.8. The summed E-state index contributed by atoms with van der Waals surface area (Å²) in [5.74, 6) is 0.471. The number of nitrogens with zero attached hydrogens (tertiary/aromatic N) is 1. The summed E-state index contributed by atoms with van der Waals surface area (Å²) in [6.45, 7) is 7.48. The van der Waals surface area contributed by atoms with E-state index in [0.29, 0.717) is 11.3 Å². The SMILES string of the molecule is COc1ccc(C(=O)NC(C(=O)N2CCCC2)C(C)(C)C)cc1. The molecule has 2 rings (SSSR count). The quantitative estimate of drug-likeness (QED) is 0.928. The Kier molecular flexibility index (Phi) is 5.29. The van der Waals surface area contributed by atoms with E-state index in [0.717, 1.165) is 25.9 Å². The highest BCUT2D eigenvalue weighted by Gasteiger charge is 2.36. The fourth-order valence-electron chi connectivity index (χ4n) is 2.73. The van der Waals surface area contributed by atoms with Crippen LogP contribution in [0.2, 0.25) is 0 Å². The molecule has 23 heavy (non-hydrogen) atoms. The van der Waals surface area contributed by atoms with Crippen LogP contribution >= 0.6 is 0 Å². The molecule has 0 radical (unpaired) electrons. The third-order valence-electron chi connectivity index (χ3n) is 4.16. The summed E-state index contributed by atoms with van der Waals surface area (Å²) in [4.78, 5) is 27.1. The van der Waals surface area contributed by atoms with Crippen molar-refractivity contribution in [3.63, 3.8) is 0 Å². The fourth-order valence-corrected chi connectivity index (χ4v) is 2.73. The van der Waals surface area contributed by atoms with Crippen molar-refractivity contribution >= 4 is 11.8 Å². The Labute approximate surface area is 138 Å². The first kappa shape index (κ1) is 17.3. The van der Waals surface area contributed by atoms with Crippen LogP contribution in [0, 0.1) is 5.41 Å². The van der Waals surface area contributed by atoms with Gasteiger partial charge in [0, 0.05) is 18.7 Å². The van der Waals surface area contributed by atoms with E-state index in [4.69, 9.17) is 4.74 Å². The van der Waals surface area contributed by atoms with E-state index in [2.05, 4.69) is 5.32 Å². The van der Waals surface area contributed by atoms with Gasteiger partial charge in [-0.3, -0.25) is 9.59 Å². The average Bonchev–Trinajstić information content (AvgIpc) is 3.05. The van der Waals surface area contributed by atoms with E-state index in [1.54, 1.807) is 31.4 Å². The molecule has 1 heterocycles. The summed E-state index contributed by atoms with van der Waals surface area (Å²) in [6.07, 6.45) is 2.07. The number of hydrogen-bond acceptors (Lipinski definition) is 3. The van der Waals surface area contributed by atoms with Crippen molar-refractivity contribution in [2.24, 2.45) is 5.41 Å². The average molecular weight is 318 g/mol. The van der Waals surface area contributed by atoms with Crippen LogP contribution < -0.4 is 10.1 Å². The Balaban J connectivity index is 2.13. The van der Waals surface area contributed by atoms with E-state index in [1.807, 2.05) is 25.7 Å². The van der Waals surface area contributed by atoms with Gasteiger partial charge >= 0.3 is 0 Å². The summed E-state index contributed by atoms with van der Waals surface area (Å²) >= 11 is 0. The van der Waals surface area contributed by atoms with Gasteiger partial charge in [-0.05, 0) is 42.5 Å². The number of likely N-dealkylation sites (tertiary alicyclic amines) is 1. The Morgan fingerprint density at radius 3 is 2.17 bits per heavy atom. The van der Waals surface area contributed by atoms with Crippen molar-refractivity contribution in [1.29, 1.82) is 0 Å². The highest BCUT2D eigenvalue weighted by Crippen LogP contribution is 2.23.